The van der Waals surface area contributed by atoms with Crippen LogP contribution in [0.3, 0.4) is 0 Å². The fourth-order valence-electron chi connectivity index (χ4n) is 1.86. The fourth-order valence-corrected chi connectivity index (χ4v) is 1.86. The molecule has 0 N–H and O–H groups in total. The van der Waals surface area contributed by atoms with Crippen LogP contribution in [-0.4, -0.2) is 24.4 Å². The Balaban J connectivity index is 2.32. The molecule has 1 rings (SSSR count). The highest BCUT2D eigenvalue weighted by Gasteiger charge is 2.19. The van der Waals surface area contributed by atoms with Crippen molar-refractivity contribution in [1.29, 1.82) is 0 Å². The monoisotopic (exact) mass is 257 g/mol. The van der Waals surface area contributed by atoms with Crippen LogP contribution in [0, 0.1) is 5.92 Å². The summed E-state index contributed by atoms with van der Waals surface area (Å²) in [5, 5.41) is 3.62. The molecular weight excluding hydrogens is 237 g/mol. The summed E-state index contributed by atoms with van der Waals surface area (Å²) in [7, 11) is 0. The normalized spacial score (nSPS) is 12.3. The van der Waals surface area contributed by atoms with Crippen molar-refractivity contribution in [3.8, 4) is 0 Å². The lowest BCUT2D eigenvalue weighted by Crippen LogP contribution is -2.18. The van der Waals surface area contributed by atoms with Gasteiger partial charge in [-0.25, -0.2) is 0 Å². The number of aromatic nitrogens is 1. The van der Waals surface area contributed by atoms with E-state index in [0.29, 0.717) is 25.9 Å². The van der Waals surface area contributed by atoms with E-state index in [1.54, 1.807) is 19.2 Å². The summed E-state index contributed by atoms with van der Waals surface area (Å²) in [5.41, 5.74) is 0. The van der Waals surface area contributed by atoms with Crippen molar-refractivity contribution < 1.29 is 18.4 Å². The highest BCUT2D eigenvalue weighted by molar-refractivity contribution is 5.72. The van der Waals surface area contributed by atoms with E-state index in [0.717, 1.165) is 18.6 Å². The van der Waals surface area contributed by atoms with Crippen molar-refractivity contribution in [2.75, 3.05) is 13.3 Å². The third kappa shape index (κ3) is 5.29. The second-order valence-electron chi connectivity index (χ2n) is 4.15. The van der Waals surface area contributed by atoms with Gasteiger partial charge in [0.25, 0.3) is 0 Å². The zero-order chi connectivity index (χ0) is 13.2. The molecule has 0 amide bonds. The van der Waals surface area contributed by atoms with E-state index in [9.17, 15) is 9.18 Å². The summed E-state index contributed by atoms with van der Waals surface area (Å²) in [6.07, 6.45) is 4.80. The van der Waals surface area contributed by atoms with Gasteiger partial charge in [0.05, 0.1) is 25.4 Å². The maximum atomic E-state index is 12.2. The first kappa shape index (κ1) is 14.7. The average Bonchev–Trinajstić information content (AvgIpc) is 2.86. The molecule has 0 radical (unpaired) electrons. The SMILES string of the molecule is CCOC(=O)C(CCCF)CCCc1ccno1. The van der Waals surface area contributed by atoms with Crippen molar-refractivity contribution in [2.45, 2.75) is 39.0 Å². The molecule has 1 atom stereocenters. The maximum absolute atomic E-state index is 12.2. The molecule has 1 aromatic rings. The molecule has 0 aliphatic rings. The number of hydrogen-bond acceptors (Lipinski definition) is 4. The van der Waals surface area contributed by atoms with Crippen molar-refractivity contribution in [2.24, 2.45) is 5.92 Å². The number of alkyl halides is 1. The number of ether oxygens (including phenoxy) is 1. The number of carbonyl (C=O) groups excluding carboxylic acids is 1. The number of hydrogen-bond donors (Lipinski definition) is 0. The van der Waals surface area contributed by atoms with Gasteiger partial charge in [0, 0.05) is 12.5 Å². The van der Waals surface area contributed by atoms with Gasteiger partial charge in [0.1, 0.15) is 5.76 Å². The third-order valence-electron chi connectivity index (χ3n) is 2.77. The van der Waals surface area contributed by atoms with Crippen LogP contribution in [0.2, 0.25) is 0 Å². The van der Waals surface area contributed by atoms with Gasteiger partial charge in [-0.3, -0.25) is 9.18 Å². The largest absolute Gasteiger partial charge is 0.466 e. The van der Waals surface area contributed by atoms with Gasteiger partial charge in [-0.1, -0.05) is 5.16 Å². The van der Waals surface area contributed by atoms with Crippen LogP contribution < -0.4 is 0 Å². The molecule has 0 aromatic carbocycles. The lowest BCUT2D eigenvalue weighted by atomic mass is 9.96. The first-order valence-corrected chi connectivity index (χ1v) is 6.40. The van der Waals surface area contributed by atoms with Gasteiger partial charge in [0.2, 0.25) is 0 Å². The molecule has 102 valence electrons. The molecule has 0 bridgehead atoms. The fraction of sp³-hybridized carbons (Fsp3) is 0.692. The van der Waals surface area contributed by atoms with Gasteiger partial charge in [-0.05, 0) is 32.6 Å². The standard InChI is InChI=1S/C13H20FNO3/c1-2-17-13(16)11(6-4-9-14)5-3-7-12-8-10-15-18-12/h8,10-11H,2-7,9H2,1H3. The molecule has 18 heavy (non-hydrogen) atoms. The van der Waals surface area contributed by atoms with E-state index in [1.165, 1.54) is 0 Å². The smallest absolute Gasteiger partial charge is 0.308 e. The second-order valence-corrected chi connectivity index (χ2v) is 4.15. The predicted molar refractivity (Wildman–Crippen MR) is 64.8 cm³/mol. The molecule has 0 aliphatic carbocycles. The molecule has 1 aromatic heterocycles. The number of aryl methyl sites for hydroxylation is 1. The minimum Gasteiger partial charge on any atom is -0.466 e. The van der Waals surface area contributed by atoms with E-state index in [4.69, 9.17) is 9.26 Å². The van der Waals surface area contributed by atoms with E-state index < -0.39 is 6.67 Å². The minimum atomic E-state index is -0.391. The first-order valence-electron chi connectivity index (χ1n) is 6.40. The number of nitrogens with zero attached hydrogens (tertiary/aromatic N) is 1. The van der Waals surface area contributed by atoms with E-state index in [1.807, 2.05) is 0 Å². The maximum Gasteiger partial charge on any atom is 0.308 e. The second kappa shape index (κ2) is 8.66. The quantitative estimate of drug-likeness (QED) is 0.638. The van der Waals surface area contributed by atoms with Crippen LogP contribution in [0.25, 0.3) is 0 Å². The molecule has 1 heterocycles. The van der Waals surface area contributed by atoms with Gasteiger partial charge >= 0.3 is 5.97 Å². The van der Waals surface area contributed by atoms with Crippen LogP contribution in [0.1, 0.15) is 38.4 Å². The molecule has 0 fully saturated rings. The predicted octanol–water partition coefficient (Wildman–Crippen LogP) is 2.93. The number of carbonyl (C=O) groups is 1. The average molecular weight is 257 g/mol. The number of halogens is 1. The Hall–Kier alpha value is -1.39. The molecule has 0 saturated carbocycles. The van der Waals surface area contributed by atoms with Gasteiger partial charge < -0.3 is 9.26 Å². The summed E-state index contributed by atoms with van der Waals surface area (Å²) in [4.78, 5) is 11.7. The molecule has 0 spiro atoms. The summed E-state index contributed by atoms with van der Waals surface area (Å²) in [6, 6.07) is 1.81. The minimum absolute atomic E-state index is 0.205. The van der Waals surface area contributed by atoms with Gasteiger partial charge in [0.15, 0.2) is 0 Å². The van der Waals surface area contributed by atoms with Crippen LogP contribution >= 0.6 is 0 Å². The Morgan fingerprint density at radius 2 is 2.28 bits per heavy atom. The molecule has 0 saturated heterocycles. The van der Waals surface area contributed by atoms with E-state index in [-0.39, 0.29) is 11.9 Å². The van der Waals surface area contributed by atoms with Crippen molar-refractivity contribution in [3.63, 3.8) is 0 Å². The van der Waals surface area contributed by atoms with Crippen LogP contribution in [0.4, 0.5) is 4.39 Å². The Morgan fingerprint density at radius 3 is 2.89 bits per heavy atom. The Morgan fingerprint density at radius 1 is 1.50 bits per heavy atom. The van der Waals surface area contributed by atoms with Crippen LogP contribution in [0.5, 0.6) is 0 Å². The van der Waals surface area contributed by atoms with Crippen LogP contribution in [0.15, 0.2) is 16.8 Å². The van der Waals surface area contributed by atoms with Gasteiger partial charge in [-0.15, -0.1) is 0 Å². The molecule has 5 heteroatoms. The molecule has 0 aliphatic heterocycles. The Bertz CT molecular complexity index is 327. The van der Waals surface area contributed by atoms with Crippen molar-refractivity contribution in [1.82, 2.24) is 5.16 Å². The number of rotatable bonds is 9. The molecule has 4 nitrogen and oxygen atoms in total. The Labute approximate surface area is 106 Å². The third-order valence-corrected chi connectivity index (χ3v) is 2.77. The van der Waals surface area contributed by atoms with E-state index in [2.05, 4.69) is 5.16 Å². The lowest BCUT2D eigenvalue weighted by molar-refractivity contribution is -0.148. The van der Waals surface area contributed by atoms with Crippen LogP contribution in [-0.2, 0) is 16.0 Å². The zero-order valence-corrected chi connectivity index (χ0v) is 10.7. The molecule has 1 unspecified atom stereocenters. The van der Waals surface area contributed by atoms with Crippen molar-refractivity contribution >= 4 is 5.97 Å². The van der Waals surface area contributed by atoms with E-state index >= 15 is 0 Å². The zero-order valence-electron chi connectivity index (χ0n) is 10.7. The first-order chi connectivity index (χ1) is 8.77. The lowest BCUT2D eigenvalue weighted by Gasteiger charge is -2.14. The summed E-state index contributed by atoms with van der Waals surface area (Å²) < 4.78 is 22.1. The highest BCUT2D eigenvalue weighted by Crippen LogP contribution is 2.17. The summed E-state index contributed by atoms with van der Waals surface area (Å²) in [5.74, 6) is 0.384. The summed E-state index contributed by atoms with van der Waals surface area (Å²) >= 11 is 0. The Kier molecular flexibility index (Phi) is 7.06. The van der Waals surface area contributed by atoms with Crippen molar-refractivity contribution in [3.05, 3.63) is 18.0 Å². The highest BCUT2D eigenvalue weighted by atomic mass is 19.1. The summed E-state index contributed by atoms with van der Waals surface area (Å²) in [6.45, 7) is 1.75. The number of esters is 1. The molecular formula is C13H20FNO3. The van der Waals surface area contributed by atoms with Gasteiger partial charge in [-0.2, -0.15) is 0 Å². The topological polar surface area (TPSA) is 52.3 Å².